The van der Waals surface area contributed by atoms with E-state index in [9.17, 15) is 0 Å². The van der Waals surface area contributed by atoms with E-state index in [0.717, 1.165) is 11.2 Å². The molecule has 0 radical (unpaired) electrons. The van der Waals surface area contributed by atoms with E-state index < -0.39 is 0 Å². The number of hydrogen-bond acceptors (Lipinski definition) is 2. The Kier molecular flexibility index (Phi) is 4.61. The second kappa shape index (κ2) is 8.19. The molecule has 0 unspecified atom stereocenters. The summed E-state index contributed by atoms with van der Waals surface area (Å²) in [7, 11) is 0. The summed E-state index contributed by atoms with van der Waals surface area (Å²) < 4.78 is 9.22. The van der Waals surface area contributed by atoms with E-state index in [1.807, 2.05) is 17.4 Å². The van der Waals surface area contributed by atoms with E-state index in [-0.39, 0.29) is 5.41 Å². The van der Waals surface area contributed by atoms with Crippen LogP contribution in [0, 0.1) is 0 Å². The first-order valence-electron chi connectivity index (χ1n) is 14.2. The van der Waals surface area contributed by atoms with Crippen molar-refractivity contribution in [1.82, 2.24) is 0 Å². The molecule has 8 aromatic rings. The third kappa shape index (κ3) is 3.17. The first kappa shape index (κ1) is 23.1. The molecule has 0 aliphatic heterocycles. The summed E-state index contributed by atoms with van der Waals surface area (Å²) in [5.74, 6) is 0. The van der Waals surface area contributed by atoms with Gasteiger partial charge < -0.3 is 4.42 Å². The molecule has 0 saturated heterocycles. The van der Waals surface area contributed by atoms with E-state index in [2.05, 4.69) is 129 Å². The molecule has 0 atom stereocenters. The van der Waals surface area contributed by atoms with Crippen LogP contribution in [0.3, 0.4) is 0 Å². The van der Waals surface area contributed by atoms with Crippen molar-refractivity contribution in [3.63, 3.8) is 0 Å². The summed E-state index contributed by atoms with van der Waals surface area (Å²) in [6.07, 6.45) is 0. The van der Waals surface area contributed by atoms with Gasteiger partial charge in [0, 0.05) is 41.9 Å². The summed E-state index contributed by atoms with van der Waals surface area (Å²) in [6.45, 7) is 4.66. The van der Waals surface area contributed by atoms with Crippen molar-refractivity contribution < 1.29 is 4.42 Å². The Bertz CT molecular complexity index is 2350. The molecule has 2 aromatic heterocycles. The van der Waals surface area contributed by atoms with Crippen LogP contribution in [0.4, 0.5) is 0 Å². The van der Waals surface area contributed by atoms with Crippen LogP contribution in [0.1, 0.15) is 25.0 Å². The average Bonchev–Trinajstić information content (AvgIpc) is 3.65. The van der Waals surface area contributed by atoms with Gasteiger partial charge in [0.1, 0.15) is 11.2 Å². The Hall–Kier alpha value is -4.66. The third-order valence-electron chi connectivity index (χ3n) is 9.09. The molecule has 1 nitrogen and oxygen atoms in total. The van der Waals surface area contributed by atoms with Gasteiger partial charge in [-0.05, 0) is 63.2 Å². The van der Waals surface area contributed by atoms with E-state index in [1.165, 1.54) is 75.5 Å². The molecule has 0 fully saturated rings. The highest BCUT2D eigenvalue weighted by Gasteiger charge is 2.37. The molecule has 1 aliphatic rings. The number of hydrogen-bond donors (Lipinski definition) is 0. The number of rotatable bonds is 2. The average molecular weight is 543 g/mol. The molecule has 194 valence electrons. The van der Waals surface area contributed by atoms with Crippen LogP contribution in [0.2, 0.25) is 0 Å². The smallest absolute Gasteiger partial charge is 0.143 e. The maximum Gasteiger partial charge on any atom is 0.143 e. The second-order valence-corrected chi connectivity index (χ2v) is 12.8. The van der Waals surface area contributed by atoms with Crippen molar-refractivity contribution in [1.29, 1.82) is 0 Å². The lowest BCUT2D eigenvalue weighted by Crippen LogP contribution is -2.14. The maximum atomic E-state index is 6.53. The fourth-order valence-corrected chi connectivity index (χ4v) is 8.28. The van der Waals surface area contributed by atoms with Gasteiger partial charge in [0.15, 0.2) is 0 Å². The highest BCUT2D eigenvalue weighted by atomic mass is 32.1. The van der Waals surface area contributed by atoms with Crippen LogP contribution in [-0.2, 0) is 5.41 Å². The molecule has 6 aromatic carbocycles. The van der Waals surface area contributed by atoms with E-state index >= 15 is 0 Å². The monoisotopic (exact) mass is 542 g/mol. The predicted octanol–water partition coefficient (Wildman–Crippen LogP) is 11.6. The van der Waals surface area contributed by atoms with Gasteiger partial charge in [0.2, 0.25) is 0 Å². The van der Waals surface area contributed by atoms with Gasteiger partial charge >= 0.3 is 0 Å². The lowest BCUT2D eigenvalue weighted by atomic mass is 9.82. The molecule has 2 heterocycles. The molecule has 0 bridgehead atoms. The Morgan fingerprint density at radius 1 is 0.537 bits per heavy atom. The number of fused-ring (bicyclic) bond motifs is 10. The van der Waals surface area contributed by atoms with Crippen LogP contribution in [0.5, 0.6) is 0 Å². The molecule has 0 amide bonds. The summed E-state index contributed by atoms with van der Waals surface area (Å²) in [5.41, 5.74) is 12.1. The van der Waals surface area contributed by atoms with Gasteiger partial charge in [0.05, 0.1) is 0 Å². The molecule has 0 spiro atoms. The SMILES string of the molecule is CC1(C)c2ccc(-c3cccc(-c4cccc5c4sc4ccccc45)c3)cc2-c2c1ccc1c2oc2ccccc21. The van der Waals surface area contributed by atoms with Gasteiger partial charge in [-0.15, -0.1) is 11.3 Å². The molecule has 0 N–H and O–H groups in total. The van der Waals surface area contributed by atoms with Gasteiger partial charge in [-0.25, -0.2) is 0 Å². The summed E-state index contributed by atoms with van der Waals surface area (Å²) in [6, 6.07) is 44.4. The fraction of sp³-hybridized carbons (Fsp3) is 0.0769. The molecular formula is C39H26OS. The molecule has 9 rings (SSSR count). The van der Waals surface area contributed by atoms with Crippen molar-refractivity contribution >= 4 is 53.4 Å². The minimum Gasteiger partial charge on any atom is -0.455 e. The summed E-state index contributed by atoms with van der Waals surface area (Å²) >= 11 is 1.89. The summed E-state index contributed by atoms with van der Waals surface area (Å²) in [5, 5.41) is 5.03. The Labute approximate surface area is 242 Å². The van der Waals surface area contributed by atoms with Gasteiger partial charge in [-0.1, -0.05) is 111 Å². The van der Waals surface area contributed by atoms with Crippen LogP contribution in [-0.4, -0.2) is 0 Å². The predicted molar refractivity (Wildman–Crippen MR) is 175 cm³/mol. The maximum absolute atomic E-state index is 6.53. The quantitative estimate of drug-likeness (QED) is 0.212. The minimum atomic E-state index is -0.0883. The Balaban J connectivity index is 1.23. The highest BCUT2D eigenvalue weighted by Crippen LogP contribution is 2.53. The molecule has 41 heavy (non-hydrogen) atoms. The van der Waals surface area contributed by atoms with E-state index in [0.29, 0.717) is 0 Å². The van der Waals surface area contributed by atoms with Crippen LogP contribution in [0.25, 0.3) is 75.5 Å². The normalized spacial score (nSPS) is 13.8. The van der Waals surface area contributed by atoms with E-state index in [4.69, 9.17) is 4.42 Å². The molecular weight excluding hydrogens is 516 g/mol. The summed E-state index contributed by atoms with van der Waals surface area (Å²) in [4.78, 5) is 0. The molecule has 2 heteroatoms. The molecule has 1 aliphatic carbocycles. The minimum absolute atomic E-state index is 0.0883. The van der Waals surface area contributed by atoms with Gasteiger partial charge in [-0.2, -0.15) is 0 Å². The second-order valence-electron chi connectivity index (χ2n) is 11.7. The highest BCUT2D eigenvalue weighted by molar-refractivity contribution is 7.26. The van der Waals surface area contributed by atoms with Crippen LogP contribution in [0.15, 0.2) is 126 Å². The lowest BCUT2D eigenvalue weighted by Gasteiger charge is -2.21. The first-order chi connectivity index (χ1) is 20.1. The van der Waals surface area contributed by atoms with Crippen molar-refractivity contribution in [2.45, 2.75) is 19.3 Å². The fourth-order valence-electron chi connectivity index (χ4n) is 7.04. The van der Waals surface area contributed by atoms with Crippen LogP contribution >= 0.6 is 11.3 Å². The van der Waals surface area contributed by atoms with Gasteiger partial charge in [0.25, 0.3) is 0 Å². The lowest BCUT2D eigenvalue weighted by molar-refractivity contribution is 0.653. The number of thiophene rings is 1. The van der Waals surface area contributed by atoms with E-state index in [1.54, 1.807) is 0 Å². The zero-order chi connectivity index (χ0) is 27.3. The topological polar surface area (TPSA) is 13.1 Å². The van der Waals surface area contributed by atoms with Crippen molar-refractivity contribution in [2.75, 3.05) is 0 Å². The first-order valence-corrected chi connectivity index (χ1v) is 15.0. The number of furan rings is 1. The van der Waals surface area contributed by atoms with Crippen molar-refractivity contribution in [2.24, 2.45) is 0 Å². The molecule has 0 saturated carbocycles. The number of para-hydroxylation sites is 1. The number of benzene rings is 6. The standard InChI is InChI=1S/C39H26OS/c1-39(2)32-19-17-24(22-31(32)36-33(39)20-18-29-27-11-3-5-15-34(27)40-37(29)36)23-9-7-10-25(21-23)26-13-8-14-30-28-12-4-6-16-35(28)41-38(26)30/h3-22H,1-2H3. The Morgan fingerprint density at radius 3 is 2.20 bits per heavy atom. The zero-order valence-corrected chi connectivity index (χ0v) is 23.7. The Morgan fingerprint density at radius 2 is 1.27 bits per heavy atom. The van der Waals surface area contributed by atoms with Crippen molar-refractivity contribution in [3.05, 3.63) is 132 Å². The zero-order valence-electron chi connectivity index (χ0n) is 22.9. The third-order valence-corrected chi connectivity index (χ3v) is 10.3. The van der Waals surface area contributed by atoms with Crippen LogP contribution < -0.4 is 0 Å². The van der Waals surface area contributed by atoms with Gasteiger partial charge in [-0.3, -0.25) is 0 Å². The van der Waals surface area contributed by atoms with Crippen molar-refractivity contribution in [3.8, 4) is 33.4 Å². The largest absolute Gasteiger partial charge is 0.455 e.